The number of esters is 1. The van der Waals surface area contributed by atoms with Gasteiger partial charge in [0.2, 0.25) is 0 Å². The number of hydrogen-bond donors (Lipinski definition) is 0. The molecule has 0 saturated carbocycles. The average molecular weight is 280 g/mol. The topological polar surface area (TPSA) is 72.7 Å². The number of carbonyl (C=O) groups excluding carboxylic acids is 1. The fraction of sp³-hybridized carbons (Fsp3) is 0.500. The van der Waals surface area contributed by atoms with Crippen LogP contribution in [0.2, 0.25) is 0 Å². The van der Waals surface area contributed by atoms with E-state index in [0.717, 1.165) is 12.1 Å². The van der Waals surface area contributed by atoms with E-state index in [1.807, 2.05) is 11.8 Å². The lowest BCUT2D eigenvalue weighted by atomic mass is 10.1. The zero-order chi connectivity index (χ0) is 15.1. The zero-order valence-electron chi connectivity index (χ0n) is 12.1. The normalized spacial score (nSPS) is 10.2. The minimum atomic E-state index is -0.408. The largest absolute Gasteiger partial charge is 0.465 e. The van der Waals surface area contributed by atoms with E-state index in [-0.39, 0.29) is 18.2 Å². The molecule has 6 nitrogen and oxygen atoms in total. The number of aryl methyl sites for hydroxylation is 1. The van der Waals surface area contributed by atoms with E-state index >= 15 is 0 Å². The highest BCUT2D eigenvalue weighted by Crippen LogP contribution is 2.24. The van der Waals surface area contributed by atoms with Crippen LogP contribution in [0.5, 0.6) is 0 Å². The molecule has 0 N–H and O–H groups in total. The van der Waals surface area contributed by atoms with Crippen molar-refractivity contribution in [2.75, 3.05) is 24.6 Å². The van der Waals surface area contributed by atoms with Crippen molar-refractivity contribution in [1.29, 1.82) is 0 Å². The molecule has 1 aromatic carbocycles. The molecular weight excluding hydrogens is 260 g/mol. The van der Waals surface area contributed by atoms with E-state index < -0.39 is 4.92 Å². The summed E-state index contributed by atoms with van der Waals surface area (Å²) in [6, 6.07) is 4.87. The molecule has 0 unspecified atom stereocenters. The first-order valence-electron chi connectivity index (χ1n) is 6.65. The smallest absolute Gasteiger partial charge is 0.325 e. The molecule has 110 valence electrons. The molecule has 0 bridgehead atoms. The van der Waals surface area contributed by atoms with E-state index in [1.54, 1.807) is 26.0 Å². The number of rotatable bonds is 7. The Hall–Kier alpha value is -2.11. The Morgan fingerprint density at radius 1 is 1.40 bits per heavy atom. The number of hydrogen-bond acceptors (Lipinski definition) is 5. The third-order valence-corrected chi connectivity index (χ3v) is 2.86. The van der Waals surface area contributed by atoms with Gasteiger partial charge >= 0.3 is 5.97 Å². The summed E-state index contributed by atoms with van der Waals surface area (Å²) >= 11 is 0. The fourth-order valence-electron chi connectivity index (χ4n) is 1.97. The van der Waals surface area contributed by atoms with Crippen molar-refractivity contribution in [1.82, 2.24) is 0 Å². The van der Waals surface area contributed by atoms with Gasteiger partial charge in [0, 0.05) is 23.9 Å². The number of ether oxygens (including phenoxy) is 1. The van der Waals surface area contributed by atoms with E-state index in [4.69, 9.17) is 4.74 Å². The second-order valence-electron chi connectivity index (χ2n) is 4.45. The molecule has 0 radical (unpaired) electrons. The van der Waals surface area contributed by atoms with Gasteiger partial charge < -0.3 is 9.64 Å². The van der Waals surface area contributed by atoms with E-state index in [2.05, 4.69) is 0 Å². The van der Waals surface area contributed by atoms with Crippen LogP contribution >= 0.6 is 0 Å². The summed E-state index contributed by atoms with van der Waals surface area (Å²) in [5.74, 6) is -0.294. The summed E-state index contributed by atoms with van der Waals surface area (Å²) in [7, 11) is 0. The molecule has 0 aliphatic rings. The molecule has 0 heterocycles. The van der Waals surface area contributed by atoms with Crippen LogP contribution < -0.4 is 4.90 Å². The fourth-order valence-corrected chi connectivity index (χ4v) is 1.97. The van der Waals surface area contributed by atoms with Crippen LogP contribution in [0, 0.1) is 17.0 Å². The van der Waals surface area contributed by atoms with E-state index in [9.17, 15) is 14.9 Å². The maximum Gasteiger partial charge on any atom is 0.325 e. The highest BCUT2D eigenvalue weighted by Gasteiger charge is 2.15. The molecule has 0 aliphatic heterocycles. The van der Waals surface area contributed by atoms with Crippen molar-refractivity contribution in [3.63, 3.8) is 0 Å². The summed E-state index contributed by atoms with van der Waals surface area (Å²) in [5, 5.41) is 10.8. The molecule has 0 atom stereocenters. The number of carbonyl (C=O) groups is 1. The van der Waals surface area contributed by atoms with Gasteiger partial charge in [-0.3, -0.25) is 14.9 Å². The van der Waals surface area contributed by atoms with Gasteiger partial charge in [-0.2, -0.15) is 0 Å². The van der Waals surface area contributed by atoms with Crippen LogP contribution in [-0.4, -0.2) is 30.6 Å². The first-order chi connectivity index (χ1) is 9.49. The van der Waals surface area contributed by atoms with Gasteiger partial charge in [-0.1, -0.05) is 6.92 Å². The predicted molar refractivity (Wildman–Crippen MR) is 77.0 cm³/mol. The van der Waals surface area contributed by atoms with Crippen LogP contribution in [0.25, 0.3) is 0 Å². The Morgan fingerprint density at radius 3 is 2.60 bits per heavy atom. The number of nitro groups is 1. The Kier molecular flexibility index (Phi) is 5.96. The lowest BCUT2D eigenvalue weighted by Crippen LogP contribution is -2.31. The van der Waals surface area contributed by atoms with Crippen molar-refractivity contribution in [2.24, 2.45) is 0 Å². The maximum absolute atomic E-state index is 11.6. The monoisotopic (exact) mass is 280 g/mol. The highest BCUT2D eigenvalue weighted by atomic mass is 16.6. The standard InChI is InChI=1S/C14H20N2O4/c1-4-8-15(10-14(17)20-5-2)12-6-7-13(16(18)19)11(3)9-12/h6-7,9H,4-5,8,10H2,1-3H3. The third-order valence-electron chi connectivity index (χ3n) is 2.86. The van der Waals surface area contributed by atoms with Gasteiger partial charge in [-0.15, -0.1) is 0 Å². The van der Waals surface area contributed by atoms with Gasteiger partial charge in [-0.25, -0.2) is 0 Å². The van der Waals surface area contributed by atoms with Crippen molar-refractivity contribution in [3.8, 4) is 0 Å². The quantitative estimate of drug-likeness (QED) is 0.436. The van der Waals surface area contributed by atoms with Crippen molar-refractivity contribution in [3.05, 3.63) is 33.9 Å². The van der Waals surface area contributed by atoms with Gasteiger partial charge in [0.15, 0.2) is 0 Å². The summed E-state index contributed by atoms with van der Waals surface area (Å²) < 4.78 is 4.94. The van der Waals surface area contributed by atoms with Crippen molar-refractivity contribution in [2.45, 2.75) is 27.2 Å². The number of nitrogens with zero attached hydrogens (tertiary/aromatic N) is 2. The number of anilines is 1. The van der Waals surface area contributed by atoms with Gasteiger partial charge in [0.05, 0.1) is 11.5 Å². The maximum atomic E-state index is 11.6. The molecule has 0 amide bonds. The molecule has 0 fully saturated rings. The van der Waals surface area contributed by atoms with Crippen LogP contribution in [0.15, 0.2) is 18.2 Å². The van der Waals surface area contributed by atoms with Crippen LogP contribution in [-0.2, 0) is 9.53 Å². The Morgan fingerprint density at radius 2 is 2.10 bits per heavy atom. The minimum absolute atomic E-state index is 0.0846. The molecule has 0 aromatic heterocycles. The summed E-state index contributed by atoms with van der Waals surface area (Å²) in [5.41, 5.74) is 1.46. The summed E-state index contributed by atoms with van der Waals surface area (Å²) in [6.07, 6.45) is 0.870. The zero-order valence-corrected chi connectivity index (χ0v) is 12.1. The van der Waals surface area contributed by atoms with Crippen LogP contribution in [0.1, 0.15) is 25.8 Å². The molecule has 0 aliphatic carbocycles. The highest BCUT2D eigenvalue weighted by molar-refractivity contribution is 5.76. The molecule has 1 aromatic rings. The summed E-state index contributed by atoms with van der Waals surface area (Å²) in [6.45, 7) is 6.65. The SMILES string of the molecule is CCCN(CC(=O)OCC)c1ccc([N+](=O)[O-])c(C)c1. The number of benzene rings is 1. The van der Waals surface area contributed by atoms with E-state index in [0.29, 0.717) is 18.7 Å². The van der Waals surface area contributed by atoms with Crippen LogP contribution in [0.3, 0.4) is 0 Å². The first kappa shape index (κ1) is 15.9. The molecule has 6 heteroatoms. The Bertz CT molecular complexity index is 488. The summed E-state index contributed by atoms with van der Waals surface area (Å²) in [4.78, 5) is 23.9. The second-order valence-corrected chi connectivity index (χ2v) is 4.45. The second kappa shape index (κ2) is 7.47. The Balaban J connectivity index is 2.94. The van der Waals surface area contributed by atoms with Gasteiger partial charge in [0.25, 0.3) is 5.69 Å². The third kappa shape index (κ3) is 4.22. The van der Waals surface area contributed by atoms with Gasteiger partial charge in [-0.05, 0) is 32.4 Å². The van der Waals surface area contributed by atoms with Gasteiger partial charge in [0.1, 0.15) is 6.54 Å². The average Bonchev–Trinajstić information content (AvgIpc) is 2.38. The Labute approximate surface area is 118 Å². The minimum Gasteiger partial charge on any atom is -0.465 e. The molecule has 1 rings (SSSR count). The van der Waals surface area contributed by atoms with Crippen molar-refractivity contribution < 1.29 is 14.5 Å². The number of nitro benzene ring substituents is 1. The lowest BCUT2D eigenvalue weighted by molar-refractivity contribution is -0.385. The van der Waals surface area contributed by atoms with Crippen molar-refractivity contribution >= 4 is 17.3 Å². The lowest BCUT2D eigenvalue weighted by Gasteiger charge is -2.23. The molecule has 0 spiro atoms. The first-order valence-corrected chi connectivity index (χ1v) is 6.65. The predicted octanol–water partition coefficient (Wildman–Crippen LogP) is 2.68. The molecular formula is C14H20N2O4. The van der Waals surface area contributed by atoms with Crippen LogP contribution in [0.4, 0.5) is 11.4 Å². The molecule has 20 heavy (non-hydrogen) atoms. The van der Waals surface area contributed by atoms with E-state index in [1.165, 1.54) is 6.07 Å². The molecule has 0 saturated heterocycles.